The van der Waals surface area contributed by atoms with Gasteiger partial charge < -0.3 is 10.6 Å². The molecule has 0 spiro atoms. The number of anilines is 1. The molecule has 1 aliphatic carbocycles. The molecule has 4 heteroatoms. The van der Waals surface area contributed by atoms with Crippen molar-refractivity contribution in [2.75, 3.05) is 5.32 Å². The molecule has 0 saturated heterocycles. The smallest absolute Gasteiger partial charge is 0.242 e. The van der Waals surface area contributed by atoms with Crippen LogP contribution in [0.1, 0.15) is 38.2 Å². The van der Waals surface area contributed by atoms with Gasteiger partial charge in [0.15, 0.2) is 0 Å². The molecule has 1 fully saturated rings. The third kappa shape index (κ3) is 3.87. The summed E-state index contributed by atoms with van der Waals surface area (Å²) in [5, 5.41) is 7.06. The minimum atomic E-state index is -0.236. The lowest BCUT2D eigenvalue weighted by Crippen LogP contribution is -2.42. The second-order valence-corrected chi connectivity index (χ2v) is 5.75. The molecule has 1 amide bonds. The van der Waals surface area contributed by atoms with Gasteiger partial charge in [0.25, 0.3) is 0 Å². The van der Waals surface area contributed by atoms with Crippen LogP contribution in [0.15, 0.2) is 18.2 Å². The zero-order valence-corrected chi connectivity index (χ0v) is 12.3. The molecule has 2 N–H and O–H groups in total. The van der Waals surface area contributed by atoms with Crippen molar-refractivity contribution in [3.05, 3.63) is 28.8 Å². The number of rotatable bonds is 4. The van der Waals surface area contributed by atoms with Crippen LogP contribution in [0.25, 0.3) is 0 Å². The fraction of sp³-hybridized carbons (Fsp3) is 0.533. The average Bonchev–Trinajstić information content (AvgIpc) is 2.85. The fourth-order valence-corrected chi connectivity index (χ4v) is 2.71. The molecule has 1 saturated carbocycles. The lowest BCUT2D eigenvalue weighted by atomic mass is 10.1. The van der Waals surface area contributed by atoms with Gasteiger partial charge >= 0.3 is 0 Å². The molecule has 2 rings (SSSR count). The normalized spacial score (nSPS) is 17.2. The molecule has 3 nitrogen and oxygen atoms in total. The van der Waals surface area contributed by atoms with Crippen LogP contribution >= 0.6 is 11.6 Å². The fourth-order valence-electron chi connectivity index (χ4n) is 2.48. The van der Waals surface area contributed by atoms with Crippen molar-refractivity contribution in [3.8, 4) is 0 Å². The highest BCUT2D eigenvalue weighted by atomic mass is 35.5. The van der Waals surface area contributed by atoms with Gasteiger partial charge in [-0.25, -0.2) is 0 Å². The summed E-state index contributed by atoms with van der Waals surface area (Å²) in [6.07, 6.45) is 4.67. The molecule has 104 valence electrons. The molecule has 19 heavy (non-hydrogen) atoms. The summed E-state index contributed by atoms with van der Waals surface area (Å²) >= 11 is 5.92. The van der Waals surface area contributed by atoms with Crippen LogP contribution in [0.5, 0.6) is 0 Å². The first-order valence-corrected chi connectivity index (χ1v) is 7.27. The Hall–Kier alpha value is -1.22. The number of carbonyl (C=O) groups excluding carboxylic acids is 1. The van der Waals surface area contributed by atoms with Crippen molar-refractivity contribution in [1.29, 1.82) is 0 Å². The van der Waals surface area contributed by atoms with Gasteiger partial charge in [-0.2, -0.15) is 0 Å². The lowest BCUT2D eigenvalue weighted by molar-refractivity contribution is -0.122. The van der Waals surface area contributed by atoms with Crippen LogP contribution in [0.2, 0.25) is 5.02 Å². The summed E-state index contributed by atoms with van der Waals surface area (Å²) in [5.74, 6) is 0.0706. The monoisotopic (exact) mass is 280 g/mol. The van der Waals surface area contributed by atoms with Crippen LogP contribution in [0.3, 0.4) is 0 Å². The van der Waals surface area contributed by atoms with Crippen molar-refractivity contribution in [2.45, 2.75) is 51.6 Å². The van der Waals surface area contributed by atoms with Crippen molar-refractivity contribution >= 4 is 23.2 Å². The van der Waals surface area contributed by atoms with E-state index in [1.54, 1.807) is 0 Å². The van der Waals surface area contributed by atoms with E-state index >= 15 is 0 Å². The summed E-state index contributed by atoms with van der Waals surface area (Å²) in [6.45, 7) is 3.87. The van der Waals surface area contributed by atoms with Crippen LogP contribution in [0.4, 0.5) is 5.69 Å². The number of nitrogens with one attached hydrogen (secondary N) is 2. The molecule has 0 radical (unpaired) electrons. The summed E-state index contributed by atoms with van der Waals surface area (Å²) in [5.41, 5.74) is 2.01. The first-order chi connectivity index (χ1) is 9.06. The number of hydrogen-bond donors (Lipinski definition) is 2. The predicted molar refractivity (Wildman–Crippen MR) is 79.7 cm³/mol. The third-order valence-electron chi connectivity index (χ3n) is 3.66. The zero-order valence-electron chi connectivity index (χ0n) is 11.5. The molecule has 1 aromatic rings. The van der Waals surface area contributed by atoms with Crippen LogP contribution in [0, 0.1) is 6.92 Å². The Balaban J connectivity index is 1.92. The minimum absolute atomic E-state index is 0.0706. The largest absolute Gasteiger partial charge is 0.374 e. The molecule has 1 aliphatic rings. The van der Waals surface area contributed by atoms with Crippen molar-refractivity contribution in [1.82, 2.24) is 5.32 Å². The van der Waals surface area contributed by atoms with E-state index in [2.05, 4.69) is 10.6 Å². The number of halogens is 1. The Morgan fingerprint density at radius 3 is 2.68 bits per heavy atom. The van der Waals surface area contributed by atoms with E-state index in [1.807, 2.05) is 32.0 Å². The van der Waals surface area contributed by atoms with E-state index in [-0.39, 0.29) is 11.9 Å². The molecule has 1 aromatic carbocycles. The van der Waals surface area contributed by atoms with Crippen LogP contribution < -0.4 is 10.6 Å². The maximum Gasteiger partial charge on any atom is 0.242 e. The van der Waals surface area contributed by atoms with E-state index in [0.717, 1.165) is 24.1 Å². The molecule has 1 atom stereocenters. The van der Waals surface area contributed by atoms with Gasteiger partial charge in [0.2, 0.25) is 5.91 Å². The van der Waals surface area contributed by atoms with E-state index in [4.69, 9.17) is 11.6 Å². The van der Waals surface area contributed by atoms with Gasteiger partial charge in [-0.3, -0.25) is 4.79 Å². The van der Waals surface area contributed by atoms with Gasteiger partial charge in [0.1, 0.15) is 6.04 Å². The lowest BCUT2D eigenvalue weighted by Gasteiger charge is -2.19. The van der Waals surface area contributed by atoms with Gasteiger partial charge in [0.05, 0.1) is 0 Å². The van der Waals surface area contributed by atoms with Crippen LogP contribution in [-0.2, 0) is 4.79 Å². The molecule has 0 unspecified atom stereocenters. The summed E-state index contributed by atoms with van der Waals surface area (Å²) in [7, 11) is 0. The number of carbonyl (C=O) groups is 1. The Morgan fingerprint density at radius 2 is 2.05 bits per heavy atom. The van der Waals surface area contributed by atoms with Gasteiger partial charge in [-0.15, -0.1) is 0 Å². The Labute approximate surface area is 119 Å². The Kier molecular flexibility index (Phi) is 4.70. The quantitative estimate of drug-likeness (QED) is 0.886. The molecule has 0 aliphatic heterocycles. The van der Waals surface area contributed by atoms with Gasteiger partial charge in [-0.1, -0.05) is 24.4 Å². The molecule has 0 aromatic heterocycles. The van der Waals surface area contributed by atoms with Gasteiger partial charge in [0, 0.05) is 16.8 Å². The zero-order chi connectivity index (χ0) is 13.8. The Morgan fingerprint density at radius 1 is 1.37 bits per heavy atom. The number of amides is 1. The van der Waals surface area contributed by atoms with Crippen molar-refractivity contribution < 1.29 is 4.79 Å². The second kappa shape index (κ2) is 6.29. The van der Waals surface area contributed by atoms with Crippen LogP contribution in [-0.4, -0.2) is 18.0 Å². The summed E-state index contributed by atoms with van der Waals surface area (Å²) in [4.78, 5) is 12.1. The second-order valence-electron chi connectivity index (χ2n) is 5.32. The topological polar surface area (TPSA) is 41.1 Å². The first-order valence-electron chi connectivity index (χ1n) is 6.89. The standard InChI is InChI=1S/C15H21ClN2O/c1-10-9-12(16)7-8-14(10)17-11(2)15(19)18-13-5-3-4-6-13/h7-9,11,13,17H,3-6H2,1-2H3,(H,18,19)/t11-/m1/s1. The average molecular weight is 281 g/mol. The third-order valence-corrected chi connectivity index (χ3v) is 3.89. The minimum Gasteiger partial charge on any atom is -0.374 e. The molecular weight excluding hydrogens is 260 g/mol. The van der Waals surface area contributed by atoms with E-state index < -0.39 is 0 Å². The molecule has 0 bridgehead atoms. The van der Waals surface area contributed by atoms with E-state index in [0.29, 0.717) is 11.1 Å². The van der Waals surface area contributed by atoms with Crippen molar-refractivity contribution in [3.63, 3.8) is 0 Å². The molecular formula is C15H21ClN2O. The first kappa shape index (κ1) is 14.2. The number of aryl methyl sites for hydroxylation is 1. The number of hydrogen-bond acceptors (Lipinski definition) is 2. The predicted octanol–water partition coefficient (Wildman–Crippen LogP) is 3.51. The maximum atomic E-state index is 12.1. The highest BCUT2D eigenvalue weighted by Crippen LogP contribution is 2.21. The summed E-state index contributed by atoms with van der Waals surface area (Å²) in [6, 6.07) is 5.77. The Bertz CT molecular complexity index is 455. The summed E-state index contributed by atoms with van der Waals surface area (Å²) < 4.78 is 0. The maximum absolute atomic E-state index is 12.1. The van der Waals surface area contributed by atoms with Crippen molar-refractivity contribution in [2.24, 2.45) is 0 Å². The highest BCUT2D eigenvalue weighted by Gasteiger charge is 2.20. The SMILES string of the molecule is Cc1cc(Cl)ccc1N[C@H](C)C(=O)NC1CCCC1. The molecule has 0 heterocycles. The van der Waals surface area contributed by atoms with E-state index in [1.165, 1.54) is 12.8 Å². The van der Waals surface area contributed by atoms with E-state index in [9.17, 15) is 4.79 Å². The highest BCUT2D eigenvalue weighted by molar-refractivity contribution is 6.30. The van der Waals surface area contributed by atoms with Gasteiger partial charge in [-0.05, 0) is 50.5 Å². The number of benzene rings is 1.